The molecule has 0 aliphatic rings. The van der Waals surface area contributed by atoms with Gasteiger partial charge < -0.3 is 14.7 Å². The molecule has 1 aromatic rings. The predicted octanol–water partition coefficient (Wildman–Crippen LogP) is -0.903. The molecule has 5 heteroatoms. The predicted molar refractivity (Wildman–Crippen MR) is 31.0 cm³/mol. The molecule has 0 spiro atoms. The summed E-state index contributed by atoms with van der Waals surface area (Å²) in [6.45, 7) is -0.261. The van der Waals surface area contributed by atoms with Crippen LogP contribution in [0.1, 0.15) is 11.7 Å². The van der Waals surface area contributed by atoms with Gasteiger partial charge in [-0.25, -0.2) is 0 Å². The van der Waals surface area contributed by atoms with Crippen LogP contribution in [-0.4, -0.2) is 27.0 Å². The van der Waals surface area contributed by atoms with Gasteiger partial charge in [0.1, 0.15) is 6.61 Å². The first kappa shape index (κ1) is 7.17. The summed E-state index contributed by atoms with van der Waals surface area (Å²) in [5.74, 6) is 0.606. The van der Waals surface area contributed by atoms with Crippen molar-refractivity contribution in [2.75, 3.05) is 6.61 Å². The van der Waals surface area contributed by atoms with E-state index in [1.807, 2.05) is 0 Å². The maximum absolute atomic E-state index is 8.46. The zero-order valence-corrected chi connectivity index (χ0v) is 5.32. The lowest BCUT2D eigenvalue weighted by Crippen LogP contribution is -1.92. The number of aliphatic hydroxyl groups excluding tert-OH is 2. The second-order valence-electron chi connectivity index (χ2n) is 1.74. The second-order valence-corrected chi connectivity index (χ2v) is 1.74. The van der Waals surface area contributed by atoms with E-state index in [0.717, 1.165) is 0 Å². The highest BCUT2D eigenvalue weighted by Gasteiger charge is 2.02. The summed E-state index contributed by atoms with van der Waals surface area (Å²) < 4.78 is 4.54. The van der Waals surface area contributed by atoms with Crippen LogP contribution in [0, 0.1) is 0 Å². The van der Waals surface area contributed by atoms with Gasteiger partial charge in [0.25, 0.3) is 5.89 Å². The Morgan fingerprint density at radius 3 is 2.70 bits per heavy atom. The molecule has 1 rings (SSSR count). The number of hydrogen-bond donors (Lipinski definition) is 2. The van der Waals surface area contributed by atoms with Crippen molar-refractivity contribution in [1.29, 1.82) is 0 Å². The highest BCUT2D eigenvalue weighted by atomic mass is 16.5. The van der Waals surface area contributed by atoms with Crippen molar-refractivity contribution in [2.45, 2.75) is 13.0 Å². The average molecular weight is 144 g/mol. The van der Waals surface area contributed by atoms with Crippen LogP contribution >= 0.6 is 0 Å². The van der Waals surface area contributed by atoms with Gasteiger partial charge in [-0.3, -0.25) is 0 Å². The van der Waals surface area contributed by atoms with Crippen LogP contribution in [0.15, 0.2) is 4.52 Å². The molecule has 0 atom stereocenters. The number of aromatic nitrogens is 2. The average Bonchev–Trinajstić information content (AvgIpc) is 2.37. The van der Waals surface area contributed by atoms with Gasteiger partial charge in [0.2, 0.25) is 0 Å². The van der Waals surface area contributed by atoms with Crippen molar-refractivity contribution in [3.05, 3.63) is 11.7 Å². The van der Waals surface area contributed by atoms with E-state index in [1.165, 1.54) is 0 Å². The fourth-order valence-corrected chi connectivity index (χ4v) is 0.556. The fraction of sp³-hybridized carbons (Fsp3) is 0.600. The summed E-state index contributed by atoms with van der Waals surface area (Å²) in [5, 5.41) is 20.3. The topological polar surface area (TPSA) is 79.4 Å². The van der Waals surface area contributed by atoms with E-state index in [4.69, 9.17) is 10.2 Å². The lowest BCUT2D eigenvalue weighted by molar-refractivity contribution is 0.222. The van der Waals surface area contributed by atoms with Crippen LogP contribution in [-0.2, 0) is 13.0 Å². The summed E-state index contributed by atoms with van der Waals surface area (Å²) in [5.41, 5.74) is 0. The Bertz CT molecular complexity index is 199. The van der Waals surface area contributed by atoms with E-state index >= 15 is 0 Å². The van der Waals surface area contributed by atoms with Crippen molar-refractivity contribution < 1.29 is 14.7 Å². The molecule has 0 aliphatic carbocycles. The first-order valence-electron chi connectivity index (χ1n) is 2.90. The lowest BCUT2D eigenvalue weighted by Gasteiger charge is -1.82. The van der Waals surface area contributed by atoms with Crippen molar-refractivity contribution in [3.63, 3.8) is 0 Å². The highest BCUT2D eigenvalue weighted by molar-refractivity contribution is 4.84. The van der Waals surface area contributed by atoms with Gasteiger partial charge in [0, 0.05) is 6.42 Å². The third kappa shape index (κ3) is 1.52. The zero-order chi connectivity index (χ0) is 7.40. The van der Waals surface area contributed by atoms with E-state index in [-0.39, 0.29) is 19.1 Å². The number of aliphatic hydroxyl groups is 2. The molecule has 5 nitrogen and oxygen atoms in total. The summed E-state index contributed by atoms with van der Waals surface area (Å²) in [4.78, 5) is 3.73. The molecule has 0 amide bonds. The van der Waals surface area contributed by atoms with E-state index in [1.54, 1.807) is 0 Å². The van der Waals surface area contributed by atoms with Crippen LogP contribution in [0.25, 0.3) is 0 Å². The molecule has 0 aromatic carbocycles. The molecule has 1 aromatic heterocycles. The number of rotatable bonds is 3. The highest BCUT2D eigenvalue weighted by Crippen LogP contribution is 1.96. The van der Waals surface area contributed by atoms with E-state index in [2.05, 4.69) is 14.7 Å². The Hall–Kier alpha value is -0.940. The van der Waals surface area contributed by atoms with Crippen molar-refractivity contribution >= 4 is 0 Å². The Morgan fingerprint density at radius 1 is 1.40 bits per heavy atom. The first-order valence-corrected chi connectivity index (χ1v) is 2.90. The van der Waals surface area contributed by atoms with Gasteiger partial charge in [0.05, 0.1) is 6.61 Å². The molecule has 2 N–H and O–H groups in total. The Balaban J connectivity index is 2.59. The Labute approximate surface area is 57.3 Å². The molecule has 1 heterocycles. The molecule has 0 radical (unpaired) electrons. The third-order valence-corrected chi connectivity index (χ3v) is 0.981. The molecule has 0 aliphatic heterocycles. The van der Waals surface area contributed by atoms with Crippen LogP contribution in [0.4, 0.5) is 0 Å². The molecule has 0 saturated heterocycles. The summed E-state index contributed by atoms with van der Waals surface area (Å²) in [7, 11) is 0. The maximum Gasteiger partial charge on any atom is 0.252 e. The Morgan fingerprint density at radius 2 is 2.20 bits per heavy atom. The molecule has 56 valence electrons. The van der Waals surface area contributed by atoms with E-state index in [9.17, 15) is 0 Å². The van der Waals surface area contributed by atoms with Crippen molar-refractivity contribution in [2.24, 2.45) is 0 Å². The van der Waals surface area contributed by atoms with Gasteiger partial charge in [-0.2, -0.15) is 4.98 Å². The van der Waals surface area contributed by atoms with Gasteiger partial charge in [-0.1, -0.05) is 5.16 Å². The monoisotopic (exact) mass is 144 g/mol. The van der Waals surface area contributed by atoms with Gasteiger partial charge >= 0.3 is 0 Å². The maximum atomic E-state index is 8.46. The molecular weight excluding hydrogens is 136 g/mol. The smallest absolute Gasteiger partial charge is 0.252 e. The normalized spacial score (nSPS) is 10.2. The van der Waals surface area contributed by atoms with E-state index < -0.39 is 0 Å². The molecule has 10 heavy (non-hydrogen) atoms. The largest absolute Gasteiger partial charge is 0.396 e. The van der Waals surface area contributed by atoms with Gasteiger partial charge in [-0.15, -0.1) is 0 Å². The van der Waals surface area contributed by atoms with Crippen LogP contribution in [0.3, 0.4) is 0 Å². The third-order valence-electron chi connectivity index (χ3n) is 0.981. The van der Waals surface area contributed by atoms with Crippen LogP contribution < -0.4 is 0 Å². The number of hydrogen-bond acceptors (Lipinski definition) is 5. The minimum absolute atomic E-state index is 0.00952. The molecule has 0 fully saturated rings. The quantitative estimate of drug-likeness (QED) is 0.574. The second kappa shape index (κ2) is 3.28. The van der Waals surface area contributed by atoms with E-state index in [0.29, 0.717) is 12.2 Å². The van der Waals surface area contributed by atoms with Crippen LogP contribution in [0.5, 0.6) is 0 Å². The minimum atomic E-state index is -0.252. The Kier molecular flexibility index (Phi) is 2.35. The minimum Gasteiger partial charge on any atom is -0.396 e. The van der Waals surface area contributed by atoms with Gasteiger partial charge in [0.15, 0.2) is 5.82 Å². The lowest BCUT2D eigenvalue weighted by atomic mass is 10.4. The standard InChI is InChI=1S/C5H8N2O3/c8-2-1-4-6-5(3-9)10-7-4/h8-9H,1-3H2. The van der Waals surface area contributed by atoms with Crippen molar-refractivity contribution in [3.8, 4) is 0 Å². The fourth-order valence-electron chi connectivity index (χ4n) is 0.556. The number of nitrogens with zero attached hydrogens (tertiary/aromatic N) is 2. The summed E-state index contributed by atoms with van der Waals surface area (Å²) >= 11 is 0. The summed E-state index contributed by atoms with van der Waals surface area (Å²) in [6.07, 6.45) is 0.365. The SMILES string of the molecule is OCCc1noc(CO)n1. The summed E-state index contributed by atoms with van der Waals surface area (Å²) in [6, 6.07) is 0. The molecule has 0 unspecified atom stereocenters. The molecular formula is C5H8N2O3. The van der Waals surface area contributed by atoms with Gasteiger partial charge in [-0.05, 0) is 0 Å². The first-order chi connectivity index (χ1) is 4.86. The van der Waals surface area contributed by atoms with Crippen LogP contribution in [0.2, 0.25) is 0 Å². The molecule has 0 saturated carbocycles. The molecule has 0 bridgehead atoms. The zero-order valence-electron chi connectivity index (χ0n) is 5.32. The van der Waals surface area contributed by atoms with Crippen molar-refractivity contribution in [1.82, 2.24) is 10.1 Å².